The first-order valence-corrected chi connectivity index (χ1v) is 8.08. The standard InChI is InChI=1S/C15H22N2O2S/c18-11-3-10-16-15(19)17-12-6-8-14(9-7-12)20-13-4-1-2-5-13/h6-9,13,18H,1-5,10-11H2,(H2,16,17,19). The van der Waals surface area contributed by atoms with Gasteiger partial charge in [-0.15, -0.1) is 11.8 Å². The number of carbonyl (C=O) groups excluding carboxylic acids is 1. The fraction of sp³-hybridized carbons (Fsp3) is 0.533. The number of aliphatic hydroxyl groups excluding tert-OH is 1. The highest BCUT2D eigenvalue weighted by atomic mass is 32.2. The van der Waals surface area contributed by atoms with E-state index in [1.54, 1.807) is 0 Å². The molecule has 0 radical (unpaired) electrons. The van der Waals surface area contributed by atoms with Gasteiger partial charge in [-0.2, -0.15) is 0 Å². The number of hydrogen-bond acceptors (Lipinski definition) is 3. The quantitative estimate of drug-likeness (QED) is 0.706. The maximum absolute atomic E-state index is 11.5. The van der Waals surface area contributed by atoms with Crippen LogP contribution in [0.2, 0.25) is 0 Å². The van der Waals surface area contributed by atoms with Gasteiger partial charge in [-0.05, 0) is 43.5 Å². The van der Waals surface area contributed by atoms with Crippen molar-refractivity contribution in [1.29, 1.82) is 0 Å². The van der Waals surface area contributed by atoms with Crippen molar-refractivity contribution in [2.45, 2.75) is 42.2 Å². The summed E-state index contributed by atoms with van der Waals surface area (Å²) in [5, 5.41) is 14.9. The van der Waals surface area contributed by atoms with Crippen LogP contribution in [0.15, 0.2) is 29.2 Å². The summed E-state index contributed by atoms with van der Waals surface area (Å²) in [6.45, 7) is 0.575. The Morgan fingerprint density at radius 3 is 2.60 bits per heavy atom. The molecule has 0 unspecified atom stereocenters. The normalized spacial score (nSPS) is 15.2. The summed E-state index contributed by atoms with van der Waals surface area (Å²) in [5.74, 6) is 0. The summed E-state index contributed by atoms with van der Waals surface area (Å²) < 4.78 is 0. The SMILES string of the molecule is O=C(NCCCO)Nc1ccc(SC2CCCC2)cc1. The van der Waals surface area contributed by atoms with E-state index in [-0.39, 0.29) is 12.6 Å². The van der Waals surface area contributed by atoms with Gasteiger partial charge in [0.05, 0.1) is 0 Å². The molecule has 1 aliphatic rings. The molecule has 110 valence electrons. The summed E-state index contributed by atoms with van der Waals surface area (Å²) in [6, 6.07) is 7.76. The van der Waals surface area contributed by atoms with Crippen LogP contribution < -0.4 is 10.6 Å². The molecule has 2 rings (SSSR count). The fourth-order valence-corrected chi connectivity index (χ4v) is 3.52. The lowest BCUT2D eigenvalue weighted by atomic mass is 10.3. The molecule has 0 aromatic heterocycles. The summed E-state index contributed by atoms with van der Waals surface area (Å²) in [7, 11) is 0. The third kappa shape index (κ3) is 5.06. The Balaban J connectivity index is 1.77. The van der Waals surface area contributed by atoms with Crippen molar-refractivity contribution < 1.29 is 9.90 Å². The molecule has 0 heterocycles. The molecular formula is C15H22N2O2S. The van der Waals surface area contributed by atoms with Gasteiger partial charge in [0, 0.05) is 29.0 Å². The van der Waals surface area contributed by atoms with E-state index in [1.165, 1.54) is 30.6 Å². The minimum Gasteiger partial charge on any atom is -0.396 e. The summed E-state index contributed by atoms with van der Waals surface area (Å²) in [4.78, 5) is 12.8. The zero-order valence-electron chi connectivity index (χ0n) is 11.6. The molecule has 1 aromatic rings. The van der Waals surface area contributed by atoms with Crippen molar-refractivity contribution in [3.63, 3.8) is 0 Å². The predicted molar refractivity (Wildman–Crippen MR) is 83.3 cm³/mol. The van der Waals surface area contributed by atoms with E-state index >= 15 is 0 Å². The van der Waals surface area contributed by atoms with Crippen LogP contribution in [0, 0.1) is 0 Å². The fourth-order valence-electron chi connectivity index (χ4n) is 2.27. The number of rotatable bonds is 6. The highest BCUT2D eigenvalue weighted by molar-refractivity contribution is 8.00. The molecule has 4 nitrogen and oxygen atoms in total. The van der Waals surface area contributed by atoms with Gasteiger partial charge in [-0.25, -0.2) is 4.79 Å². The van der Waals surface area contributed by atoms with E-state index in [2.05, 4.69) is 22.8 Å². The third-order valence-corrected chi connectivity index (χ3v) is 4.69. The number of urea groups is 1. The molecule has 5 heteroatoms. The Bertz CT molecular complexity index is 416. The van der Waals surface area contributed by atoms with Crippen LogP contribution in [-0.2, 0) is 0 Å². The van der Waals surface area contributed by atoms with E-state index in [9.17, 15) is 4.79 Å². The molecule has 20 heavy (non-hydrogen) atoms. The van der Waals surface area contributed by atoms with Crippen molar-refractivity contribution in [1.82, 2.24) is 5.32 Å². The number of benzene rings is 1. The number of aliphatic hydroxyl groups is 1. The second-order valence-corrected chi connectivity index (χ2v) is 6.38. The van der Waals surface area contributed by atoms with Crippen molar-refractivity contribution in [3.05, 3.63) is 24.3 Å². The lowest BCUT2D eigenvalue weighted by Gasteiger charge is -2.10. The lowest BCUT2D eigenvalue weighted by Crippen LogP contribution is -2.29. The topological polar surface area (TPSA) is 61.4 Å². The van der Waals surface area contributed by atoms with E-state index < -0.39 is 0 Å². The Morgan fingerprint density at radius 2 is 1.95 bits per heavy atom. The summed E-state index contributed by atoms with van der Waals surface area (Å²) >= 11 is 1.94. The van der Waals surface area contributed by atoms with Gasteiger partial charge < -0.3 is 15.7 Å². The first kappa shape index (κ1) is 15.2. The maximum Gasteiger partial charge on any atom is 0.319 e. The van der Waals surface area contributed by atoms with Crippen molar-refractivity contribution in [2.24, 2.45) is 0 Å². The first-order chi connectivity index (χ1) is 9.78. The molecule has 0 atom stereocenters. The molecule has 3 N–H and O–H groups in total. The van der Waals surface area contributed by atoms with Gasteiger partial charge in [0.15, 0.2) is 0 Å². The van der Waals surface area contributed by atoms with Crippen LogP contribution in [0.4, 0.5) is 10.5 Å². The number of carbonyl (C=O) groups is 1. The Morgan fingerprint density at radius 1 is 1.25 bits per heavy atom. The molecule has 0 bridgehead atoms. The van der Waals surface area contributed by atoms with E-state index in [1.807, 2.05) is 23.9 Å². The second-order valence-electron chi connectivity index (χ2n) is 5.01. The summed E-state index contributed by atoms with van der Waals surface area (Å²) in [6.07, 6.45) is 5.91. The number of anilines is 1. The highest BCUT2D eigenvalue weighted by Gasteiger charge is 2.15. The van der Waals surface area contributed by atoms with Gasteiger partial charge in [-0.3, -0.25) is 0 Å². The minimum atomic E-state index is -0.227. The Labute approximate surface area is 124 Å². The minimum absolute atomic E-state index is 0.0906. The number of nitrogens with one attached hydrogen (secondary N) is 2. The smallest absolute Gasteiger partial charge is 0.319 e. The Hall–Kier alpha value is -1.20. The van der Waals surface area contributed by atoms with Crippen LogP contribution in [0.1, 0.15) is 32.1 Å². The molecule has 1 saturated carbocycles. The Kier molecular flexibility index (Phi) is 6.21. The molecule has 1 aromatic carbocycles. The third-order valence-electron chi connectivity index (χ3n) is 3.34. The predicted octanol–water partition coefficient (Wildman–Crippen LogP) is 3.23. The average molecular weight is 294 g/mol. The maximum atomic E-state index is 11.5. The average Bonchev–Trinajstić information content (AvgIpc) is 2.94. The number of thioether (sulfide) groups is 1. The van der Waals surface area contributed by atoms with Crippen molar-refractivity contribution in [3.8, 4) is 0 Å². The second kappa shape index (κ2) is 8.17. The van der Waals surface area contributed by atoms with Crippen LogP contribution in [0.25, 0.3) is 0 Å². The van der Waals surface area contributed by atoms with Crippen molar-refractivity contribution in [2.75, 3.05) is 18.5 Å². The number of amides is 2. The monoisotopic (exact) mass is 294 g/mol. The van der Waals surface area contributed by atoms with Gasteiger partial charge in [-0.1, -0.05) is 12.8 Å². The zero-order valence-corrected chi connectivity index (χ0v) is 12.4. The molecule has 1 aliphatic carbocycles. The molecule has 2 amide bonds. The first-order valence-electron chi connectivity index (χ1n) is 7.20. The molecule has 0 aliphatic heterocycles. The molecule has 0 saturated heterocycles. The van der Waals surface area contributed by atoms with Gasteiger partial charge >= 0.3 is 6.03 Å². The van der Waals surface area contributed by atoms with E-state index in [4.69, 9.17) is 5.11 Å². The van der Waals surface area contributed by atoms with Gasteiger partial charge in [0.1, 0.15) is 0 Å². The van der Waals surface area contributed by atoms with Crippen LogP contribution in [0.5, 0.6) is 0 Å². The van der Waals surface area contributed by atoms with E-state index in [0.717, 1.165) is 10.9 Å². The number of hydrogen-bond donors (Lipinski definition) is 3. The highest BCUT2D eigenvalue weighted by Crippen LogP contribution is 2.34. The zero-order chi connectivity index (χ0) is 14.2. The van der Waals surface area contributed by atoms with Gasteiger partial charge in [0.25, 0.3) is 0 Å². The van der Waals surface area contributed by atoms with Crippen molar-refractivity contribution >= 4 is 23.5 Å². The molecular weight excluding hydrogens is 272 g/mol. The van der Waals surface area contributed by atoms with E-state index in [0.29, 0.717) is 13.0 Å². The van der Waals surface area contributed by atoms with Crippen LogP contribution >= 0.6 is 11.8 Å². The molecule has 1 fully saturated rings. The molecule has 0 spiro atoms. The largest absolute Gasteiger partial charge is 0.396 e. The summed E-state index contributed by atoms with van der Waals surface area (Å²) in [5.41, 5.74) is 0.794. The van der Waals surface area contributed by atoms with Gasteiger partial charge in [0.2, 0.25) is 0 Å². The van der Waals surface area contributed by atoms with Crippen LogP contribution in [-0.4, -0.2) is 29.5 Å². The lowest BCUT2D eigenvalue weighted by molar-refractivity contribution is 0.249. The van der Waals surface area contributed by atoms with Crippen LogP contribution in [0.3, 0.4) is 0 Å².